The smallest absolute Gasteiger partial charge is 0.0595 e. The molecule has 0 amide bonds. The Bertz CT molecular complexity index is 586. The second-order valence-corrected chi connectivity index (χ2v) is 6.28. The van der Waals surface area contributed by atoms with Crippen LogP contribution in [-0.4, -0.2) is 0 Å². The molecule has 106 valence electrons. The Hall–Kier alpha value is -0.540. The van der Waals surface area contributed by atoms with E-state index in [1.165, 1.54) is 5.56 Å². The Kier molecular flexibility index (Phi) is 5.91. The second-order valence-electron chi connectivity index (χ2n) is 4.61. The van der Waals surface area contributed by atoms with E-state index >= 15 is 0 Å². The lowest BCUT2D eigenvalue weighted by Gasteiger charge is -2.18. The quantitative estimate of drug-likeness (QED) is 0.678. The number of hydrogen-bond donors (Lipinski definition) is 1. The minimum absolute atomic E-state index is 0.261. The van der Waals surface area contributed by atoms with E-state index in [-0.39, 0.29) is 6.04 Å². The van der Waals surface area contributed by atoms with Crippen LogP contribution in [0.15, 0.2) is 46.9 Å². The fourth-order valence-electron chi connectivity index (χ4n) is 2.10. The van der Waals surface area contributed by atoms with Gasteiger partial charge in [0, 0.05) is 17.1 Å². The number of rotatable bonds is 5. The SMILES string of the molecule is CCC(NCc1ccccc1Br)c1ccc(Cl)c(Cl)c1. The van der Waals surface area contributed by atoms with Crippen LogP contribution in [0.4, 0.5) is 0 Å². The normalized spacial score (nSPS) is 12.4. The Morgan fingerprint density at radius 3 is 2.50 bits per heavy atom. The molecule has 0 saturated heterocycles. The molecule has 0 heterocycles. The largest absolute Gasteiger partial charge is 0.306 e. The molecule has 1 nitrogen and oxygen atoms in total. The zero-order valence-corrected chi connectivity index (χ0v) is 14.3. The topological polar surface area (TPSA) is 12.0 Å². The van der Waals surface area contributed by atoms with Gasteiger partial charge in [0.15, 0.2) is 0 Å². The Morgan fingerprint density at radius 1 is 1.10 bits per heavy atom. The third-order valence-corrected chi connectivity index (χ3v) is 4.76. The lowest BCUT2D eigenvalue weighted by Crippen LogP contribution is -2.20. The van der Waals surface area contributed by atoms with Crippen molar-refractivity contribution in [2.45, 2.75) is 25.9 Å². The number of benzene rings is 2. The van der Waals surface area contributed by atoms with Gasteiger partial charge in [0.1, 0.15) is 0 Å². The summed E-state index contributed by atoms with van der Waals surface area (Å²) in [6.45, 7) is 2.96. The highest BCUT2D eigenvalue weighted by molar-refractivity contribution is 9.10. The molecule has 2 aromatic carbocycles. The van der Waals surface area contributed by atoms with Crippen LogP contribution in [0, 0.1) is 0 Å². The van der Waals surface area contributed by atoms with Crippen molar-refractivity contribution in [3.8, 4) is 0 Å². The van der Waals surface area contributed by atoms with Gasteiger partial charge in [-0.25, -0.2) is 0 Å². The van der Waals surface area contributed by atoms with Crippen LogP contribution in [0.5, 0.6) is 0 Å². The molecule has 1 unspecified atom stereocenters. The van der Waals surface area contributed by atoms with Crippen molar-refractivity contribution >= 4 is 39.1 Å². The molecular weight excluding hydrogens is 357 g/mol. The van der Waals surface area contributed by atoms with Crippen LogP contribution >= 0.6 is 39.1 Å². The van der Waals surface area contributed by atoms with Crippen LogP contribution in [0.1, 0.15) is 30.5 Å². The molecule has 0 spiro atoms. The van der Waals surface area contributed by atoms with E-state index in [4.69, 9.17) is 23.2 Å². The molecule has 1 N–H and O–H groups in total. The highest BCUT2D eigenvalue weighted by atomic mass is 79.9. The van der Waals surface area contributed by atoms with Gasteiger partial charge in [0.05, 0.1) is 10.0 Å². The average molecular weight is 373 g/mol. The number of hydrogen-bond acceptors (Lipinski definition) is 1. The number of nitrogens with one attached hydrogen (secondary N) is 1. The summed E-state index contributed by atoms with van der Waals surface area (Å²) in [5.41, 5.74) is 2.40. The summed E-state index contributed by atoms with van der Waals surface area (Å²) in [5, 5.41) is 4.75. The molecular formula is C16H16BrCl2N. The molecule has 2 aromatic rings. The van der Waals surface area contributed by atoms with Crippen molar-refractivity contribution in [2.75, 3.05) is 0 Å². The van der Waals surface area contributed by atoms with Gasteiger partial charge in [0.25, 0.3) is 0 Å². The molecule has 0 aromatic heterocycles. The molecule has 0 aliphatic rings. The summed E-state index contributed by atoms with van der Waals surface area (Å²) in [4.78, 5) is 0. The molecule has 0 fully saturated rings. The summed E-state index contributed by atoms with van der Waals surface area (Å²) >= 11 is 15.6. The van der Waals surface area contributed by atoms with E-state index in [0.29, 0.717) is 10.0 Å². The molecule has 2 rings (SSSR count). The Morgan fingerprint density at radius 2 is 1.85 bits per heavy atom. The molecule has 0 bridgehead atoms. The van der Waals surface area contributed by atoms with Gasteiger partial charge in [0.2, 0.25) is 0 Å². The molecule has 0 radical (unpaired) electrons. The molecule has 4 heteroatoms. The summed E-state index contributed by atoms with van der Waals surface area (Å²) in [5.74, 6) is 0. The predicted molar refractivity (Wildman–Crippen MR) is 90.5 cm³/mol. The number of halogens is 3. The van der Waals surface area contributed by atoms with E-state index in [1.54, 1.807) is 0 Å². The fraction of sp³-hybridized carbons (Fsp3) is 0.250. The van der Waals surface area contributed by atoms with E-state index in [2.05, 4.69) is 40.3 Å². The van der Waals surface area contributed by atoms with E-state index in [0.717, 1.165) is 23.0 Å². The van der Waals surface area contributed by atoms with Crippen LogP contribution in [0.3, 0.4) is 0 Å². The monoisotopic (exact) mass is 371 g/mol. The maximum atomic E-state index is 6.09. The minimum atomic E-state index is 0.261. The van der Waals surface area contributed by atoms with Gasteiger partial charge in [-0.1, -0.05) is 70.3 Å². The standard InChI is InChI=1S/C16H16BrCl2N/c1-2-16(11-7-8-14(18)15(19)9-11)20-10-12-5-3-4-6-13(12)17/h3-9,16,20H,2,10H2,1H3. The highest BCUT2D eigenvalue weighted by Gasteiger charge is 2.11. The first kappa shape index (κ1) is 15.8. The first-order chi connectivity index (χ1) is 9.61. The predicted octanol–water partition coefficient (Wildman–Crippen LogP) is 6.00. The summed E-state index contributed by atoms with van der Waals surface area (Å²) in [6.07, 6.45) is 0.989. The second kappa shape index (κ2) is 7.46. The average Bonchev–Trinajstić information content (AvgIpc) is 2.45. The third kappa shape index (κ3) is 3.98. The maximum absolute atomic E-state index is 6.09. The lowest BCUT2D eigenvalue weighted by molar-refractivity contribution is 0.518. The molecule has 1 atom stereocenters. The maximum Gasteiger partial charge on any atom is 0.0595 e. The van der Waals surface area contributed by atoms with Crippen molar-refractivity contribution in [3.05, 3.63) is 68.1 Å². The van der Waals surface area contributed by atoms with Crippen molar-refractivity contribution in [1.29, 1.82) is 0 Å². The Balaban J connectivity index is 2.09. The minimum Gasteiger partial charge on any atom is -0.306 e. The zero-order chi connectivity index (χ0) is 14.5. The fourth-order valence-corrected chi connectivity index (χ4v) is 2.83. The summed E-state index contributed by atoms with van der Waals surface area (Å²) < 4.78 is 1.12. The van der Waals surface area contributed by atoms with Gasteiger partial charge in [-0.15, -0.1) is 0 Å². The van der Waals surface area contributed by atoms with E-state index < -0.39 is 0 Å². The van der Waals surface area contributed by atoms with Gasteiger partial charge < -0.3 is 5.32 Å². The zero-order valence-electron chi connectivity index (χ0n) is 11.2. The molecule has 20 heavy (non-hydrogen) atoms. The van der Waals surface area contributed by atoms with Crippen molar-refractivity contribution in [1.82, 2.24) is 5.32 Å². The first-order valence-electron chi connectivity index (χ1n) is 6.53. The first-order valence-corrected chi connectivity index (χ1v) is 8.08. The van der Waals surface area contributed by atoms with Crippen LogP contribution in [-0.2, 0) is 6.54 Å². The molecule has 0 aliphatic heterocycles. The van der Waals surface area contributed by atoms with Gasteiger partial charge in [-0.05, 0) is 35.7 Å². The van der Waals surface area contributed by atoms with Crippen LogP contribution < -0.4 is 5.32 Å². The van der Waals surface area contributed by atoms with Crippen LogP contribution in [0.25, 0.3) is 0 Å². The van der Waals surface area contributed by atoms with E-state index in [9.17, 15) is 0 Å². The van der Waals surface area contributed by atoms with Crippen LogP contribution in [0.2, 0.25) is 10.0 Å². The van der Waals surface area contributed by atoms with E-state index in [1.807, 2.05) is 30.3 Å². The highest BCUT2D eigenvalue weighted by Crippen LogP contribution is 2.27. The van der Waals surface area contributed by atoms with Gasteiger partial charge in [-0.3, -0.25) is 0 Å². The third-order valence-electron chi connectivity index (χ3n) is 3.25. The lowest BCUT2D eigenvalue weighted by atomic mass is 10.0. The van der Waals surface area contributed by atoms with Gasteiger partial charge >= 0.3 is 0 Å². The summed E-state index contributed by atoms with van der Waals surface area (Å²) in [6, 6.07) is 14.3. The van der Waals surface area contributed by atoms with Gasteiger partial charge in [-0.2, -0.15) is 0 Å². The molecule has 0 aliphatic carbocycles. The van der Waals surface area contributed by atoms with Crippen molar-refractivity contribution in [3.63, 3.8) is 0 Å². The van der Waals surface area contributed by atoms with Crippen molar-refractivity contribution in [2.24, 2.45) is 0 Å². The summed E-state index contributed by atoms with van der Waals surface area (Å²) in [7, 11) is 0. The van der Waals surface area contributed by atoms with Crippen molar-refractivity contribution < 1.29 is 0 Å². The molecule has 0 saturated carbocycles. The Labute approximate surface area is 138 Å².